The second kappa shape index (κ2) is 15.4. The summed E-state index contributed by atoms with van der Waals surface area (Å²) < 4.78 is 0. The Bertz CT molecular complexity index is 3230. The molecule has 10 aromatic rings. The molecule has 294 valence electrons. The van der Waals surface area contributed by atoms with Gasteiger partial charge in [0.25, 0.3) is 0 Å². The van der Waals surface area contributed by atoms with E-state index in [0.717, 1.165) is 17.1 Å². The molecule has 0 saturated carbocycles. The largest absolute Gasteiger partial charge is 0.310 e. The zero-order valence-electron chi connectivity index (χ0n) is 35.0. The lowest BCUT2D eigenvalue weighted by Gasteiger charge is -2.26. The fourth-order valence-corrected chi connectivity index (χ4v) is 9.77. The van der Waals surface area contributed by atoms with Gasteiger partial charge in [-0.25, -0.2) is 0 Å². The molecule has 0 saturated heterocycles. The van der Waals surface area contributed by atoms with Crippen molar-refractivity contribution in [3.05, 3.63) is 248 Å². The summed E-state index contributed by atoms with van der Waals surface area (Å²) in [5.41, 5.74) is 20.8. The lowest BCUT2D eigenvalue weighted by molar-refractivity contribution is 0.660. The Morgan fingerprint density at radius 3 is 1.56 bits per heavy atom. The summed E-state index contributed by atoms with van der Waals surface area (Å²) in [5, 5.41) is 2.51. The molecule has 0 bridgehead atoms. The molecule has 0 spiro atoms. The third-order valence-electron chi connectivity index (χ3n) is 12.9. The van der Waals surface area contributed by atoms with Crippen LogP contribution in [-0.4, -0.2) is 0 Å². The number of benzene rings is 10. The SMILES string of the molecule is CC1(C)c2ccccc2-c2c(-c3ccc(-c4ccc(N(c5ccc(-c6cccc7ccccc67)cc5)c5cccc(-c6ccccc6)c5)cc4)cc3-c3ccccc3)cccc21. The summed E-state index contributed by atoms with van der Waals surface area (Å²) in [5.74, 6) is 0. The maximum atomic E-state index is 2.39. The average molecular weight is 792 g/mol. The van der Waals surface area contributed by atoms with Gasteiger partial charge in [-0.15, -0.1) is 0 Å². The summed E-state index contributed by atoms with van der Waals surface area (Å²) in [6.45, 7) is 4.71. The predicted octanol–water partition coefficient (Wildman–Crippen LogP) is 17.0. The van der Waals surface area contributed by atoms with Crippen molar-refractivity contribution < 1.29 is 0 Å². The van der Waals surface area contributed by atoms with Gasteiger partial charge < -0.3 is 4.90 Å². The lowest BCUT2D eigenvalue weighted by atomic mass is 9.81. The molecule has 0 aromatic heterocycles. The summed E-state index contributed by atoms with van der Waals surface area (Å²) in [4.78, 5) is 2.37. The van der Waals surface area contributed by atoms with Crippen molar-refractivity contribution in [2.24, 2.45) is 0 Å². The highest BCUT2D eigenvalue weighted by Crippen LogP contribution is 2.53. The van der Waals surface area contributed by atoms with E-state index in [9.17, 15) is 0 Å². The zero-order chi connectivity index (χ0) is 41.6. The van der Waals surface area contributed by atoms with Crippen molar-refractivity contribution in [3.63, 3.8) is 0 Å². The first kappa shape index (κ1) is 37.3. The number of hydrogen-bond acceptors (Lipinski definition) is 1. The Morgan fingerprint density at radius 1 is 0.290 bits per heavy atom. The fraction of sp³-hybridized carbons (Fsp3) is 0.0492. The molecule has 0 radical (unpaired) electrons. The Balaban J connectivity index is 1.00. The first-order valence-corrected chi connectivity index (χ1v) is 21.6. The maximum Gasteiger partial charge on any atom is 0.0467 e. The van der Waals surface area contributed by atoms with Crippen LogP contribution in [-0.2, 0) is 5.41 Å². The van der Waals surface area contributed by atoms with Gasteiger partial charge in [0.2, 0.25) is 0 Å². The molecule has 0 aliphatic heterocycles. The van der Waals surface area contributed by atoms with Crippen molar-refractivity contribution in [2.75, 3.05) is 4.90 Å². The minimum absolute atomic E-state index is 0.0634. The average Bonchev–Trinajstić information content (AvgIpc) is 3.58. The normalized spacial score (nSPS) is 12.5. The third-order valence-corrected chi connectivity index (χ3v) is 12.9. The minimum Gasteiger partial charge on any atom is -0.310 e. The van der Waals surface area contributed by atoms with Crippen LogP contribution < -0.4 is 4.90 Å². The van der Waals surface area contributed by atoms with Crippen LogP contribution in [0.4, 0.5) is 17.1 Å². The Hall–Kier alpha value is -7.74. The van der Waals surface area contributed by atoms with Gasteiger partial charge in [0.15, 0.2) is 0 Å². The molecule has 1 aliphatic rings. The maximum absolute atomic E-state index is 2.39. The van der Waals surface area contributed by atoms with E-state index in [0.29, 0.717) is 0 Å². The molecular formula is C61H45N. The van der Waals surface area contributed by atoms with Crippen LogP contribution >= 0.6 is 0 Å². The molecule has 10 aromatic carbocycles. The molecule has 0 atom stereocenters. The molecule has 0 fully saturated rings. The number of rotatable bonds is 8. The molecule has 1 heteroatoms. The van der Waals surface area contributed by atoms with Gasteiger partial charge >= 0.3 is 0 Å². The van der Waals surface area contributed by atoms with Crippen LogP contribution in [0.3, 0.4) is 0 Å². The van der Waals surface area contributed by atoms with E-state index in [1.165, 1.54) is 88.7 Å². The topological polar surface area (TPSA) is 3.24 Å². The van der Waals surface area contributed by atoms with E-state index in [4.69, 9.17) is 0 Å². The van der Waals surface area contributed by atoms with Crippen LogP contribution in [0.1, 0.15) is 25.0 Å². The Labute approximate surface area is 364 Å². The van der Waals surface area contributed by atoms with Crippen molar-refractivity contribution in [1.29, 1.82) is 0 Å². The quantitative estimate of drug-likeness (QED) is 0.148. The van der Waals surface area contributed by atoms with E-state index < -0.39 is 0 Å². The van der Waals surface area contributed by atoms with E-state index in [1.807, 2.05) is 0 Å². The van der Waals surface area contributed by atoms with Crippen molar-refractivity contribution >= 4 is 27.8 Å². The van der Waals surface area contributed by atoms with Gasteiger partial charge in [0, 0.05) is 22.5 Å². The van der Waals surface area contributed by atoms with Crippen molar-refractivity contribution in [1.82, 2.24) is 0 Å². The highest BCUT2D eigenvalue weighted by molar-refractivity contribution is 5.99. The number of nitrogens with zero attached hydrogens (tertiary/aromatic N) is 1. The molecule has 11 rings (SSSR count). The molecule has 0 unspecified atom stereocenters. The first-order chi connectivity index (χ1) is 30.5. The fourth-order valence-electron chi connectivity index (χ4n) is 9.77. The molecule has 0 heterocycles. The molecular weight excluding hydrogens is 747 g/mol. The van der Waals surface area contributed by atoms with E-state index in [1.54, 1.807) is 0 Å². The van der Waals surface area contributed by atoms with Gasteiger partial charge in [0.1, 0.15) is 0 Å². The molecule has 1 aliphatic carbocycles. The minimum atomic E-state index is -0.0634. The molecule has 0 N–H and O–H groups in total. The third kappa shape index (κ3) is 6.51. The predicted molar refractivity (Wildman–Crippen MR) is 263 cm³/mol. The Morgan fingerprint density at radius 2 is 0.790 bits per heavy atom. The van der Waals surface area contributed by atoms with E-state index >= 15 is 0 Å². The molecule has 1 nitrogen and oxygen atoms in total. The lowest BCUT2D eigenvalue weighted by Crippen LogP contribution is -2.14. The second-order valence-electron chi connectivity index (χ2n) is 16.9. The first-order valence-electron chi connectivity index (χ1n) is 21.6. The molecule has 62 heavy (non-hydrogen) atoms. The van der Waals surface area contributed by atoms with Gasteiger partial charge in [-0.2, -0.15) is 0 Å². The van der Waals surface area contributed by atoms with Crippen LogP contribution in [0, 0.1) is 0 Å². The summed E-state index contributed by atoms with van der Waals surface area (Å²) in [7, 11) is 0. The zero-order valence-corrected chi connectivity index (χ0v) is 35.0. The highest BCUT2D eigenvalue weighted by atomic mass is 15.1. The Kier molecular flexibility index (Phi) is 9.24. The van der Waals surface area contributed by atoms with E-state index in [-0.39, 0.29) is 5.41 Å². The van der Waals surface area contributed by atoms with Crippen LogP contribution in [0.2, 0.25) is 0 Å². The van der Waals surface area contributed by atoms with Crippen LogP contribution in [0.5, 0.6) is 0 Å². The van der Waals surface area contributed by atoms with Crippen LogP contribution in [0.15, 0.2) is 237 Å². The standard InChI is InChI=1S/C61H45N/c1-61(2)58-28-12-11-25-56(58)60-55(27-15-29-59(60)61)54-39-34-48(41-57(54)45-18-7-4-8-19-45)43-30-35-49(36-31-43)62(51-23-13-22-47(40-51)42-16-5-3-6-17-42)50-37-32-46(33-38-50)53-26-14-21-44-20-9-10-24-52(44)53/h3-41H,1-2H3. The van der Waals surface area contributed by atoms with E-state index in [2.05, 4.69) is 255 Å². The van der Waals surface area contributed by atoms with Gasteiger partial charge in [-0.1, -0.05) is 208 Å². The van der Waals surface area contributed by atoms with Gasteiger partial charge in [-0.05, 0) is 131 Å². The monoisotopic (exact) mass is 791 g/mol. The number of hydrogen-bond donors (Lipinski definition) is 0. The van der Waals surface area contributed by atoms with Crippen LogP contribution in [0.25, 0.3) is 77.5 Å². The van der Waals surface area contributed by atoms with Gasteiger partial charge in [0.05, 0.1) is 0 Å². The van der Waals surface area contributed by atoms with Gasteiger partial charge in [-0.3, -0.25) is 0 Å². The smallest absolute Gasteiger partial charge is 0.0467 e. The number of anilines is 3. The molecule has 0 amide bonds. The van der Waals surface area contributed by atoms with Crippen molar-refractivity contribution in [3.8, 4) is 66.8 Å². The second-order valence-corrected chi connectivity index (χ2v) is 16.9. The summed E-state index contributed by atoms with van der Waals surface area (Å²) >= 11 is 0. The van der Waals surface area contributed by atoms with Crippen molar-refractivity contribution in [2.45, 2.75) is 19.3 Å². The summed E-state index contributed by atoms with van der Waals surface area (Å²) in [6, 6.07) is 86.5. The summed E-state index contributed by atoms with van der Waals surface area (Å²) in [6.07, 6.45) is 0. The highest BCUT2D eigenvalue weighted by Gasteiger charge is 2.36. The number of fused-ring (bicyclic) bond motifs is 4.